The summed E-state index contributed by atoms with van der Waals surface area (Å²) in [5, 5.41) is 13.1. The maximum absolute atomic E-state index is 12.5. The third-order valence-electron chi connectivity index (χ3n) is 4.16. The number of H-pyrrole nitrogens is 1. The Bertz CT molecular complexity index is 1060. The normalized spacial score (nSPS) is 11.8. The molecule has 2 heterocycles. The van der Waals surface area contributed by atoms with Gasteiger partial charge in [0.05, 0.1) is 28.7 Å². The molecule has 11 heteroatoms. The molecule has 9 nitrogen and oxygen atoms in total. The van der Waals surface area contributed by atoms with Crippen LogP contribution in [0.25, 0.3) is 10.9 Å². The zero-order valence-corrected chi connectivity index (χ0v) is 16.9. The Labute approximate surface area is 174 Å². The summed E-state index contributed by atoms with van der Waals surface area (Å²) in [6.07, 6.45) is 1.69. The van der Waals surface area contributed by atoms with E-state index >= 15 is 0 Å². The average Bonchev–Trinajstić information content (AvgIpc) is 3.36. The van der Waals surface area contributed by atoms with Crippen LogP contribution < -0.4 is 16.4 Å². The highest BCUT2D eigenvalue weighted by Crippen LogP contribution is 2.27. The van der Waals surface area contributed by atoms with E-state index in [2.05, 4.69) is 25.6 Å². The number of aromatic amines is 1. The SMILES string of the molecule is COC(=O)C(CN)NC(=O)c1sc(C(=O)NCc2cccc3[nH]ncc23)cc1Cl. The molecule has 0 saturated heterocycles. The Kier molecular flexibility index (Phi) is 6.47. The molecule has 0 aliphatic rings. The molecule has 3 aromatic rings. The number of carbonyl (C=O) groups is 3. The summed E-state index contributed by atoms with van der Waals surface area (Å²) in [5.41, 5.74) is 7.25. The number of thiophene rings is 1. The topological polar surface area (TPSA) is 139 Å². The number of rotatable bonds is 7. The van der Waals surface area contributed by atoms with Crippen molar-refractivity contribution in [1.82, 2.24) is 20.8 Å². The molecule has 1 aromatic carbocycles. The summed E-state index contributed by atoms with van der Waals surface area (Å²) >= 11 is 7.03. The van der Waals surface area contributed by atoms with Gasteiger partial charge in [-0.25, -0.2) is 4.79 Å². The number of ether oxygens (including phenoxy) is 1. The van der Waals surface area contributed by atoms with Gasteiger partial charge < -0.3 is 21.1 Å². The molecule has 29 heavy (non-hydrogen) atoms. The first-order valence-corrected chi connectivity index (χ1v) is 9.71. The summed E-state index contributed by atoms with van der Waals surface area (Å²) in [7, 11) is 1.20. The van der Waals surface area contributed by atoms with E-state index in [-0.39, 0.29) is 33.8 Å². The van der Waals surface area contributed by atoms with E-state index in [0.717, 1.165) is 27.8 Å². The predicted molar refractivity (Wildman–Crippen MR) is 109 cm³/mol. The van der Waals surface area contributed by atoms with E-state index in [1.807, 2.05) is 18.2 Å². The maximum atomic E-state index is 12.5. The van der Waals surface area contributed by atoms with Crippen LogP contribution in [0.1, 0.15) is 24.9 Å². The van der Waals surface area contributed by atoms with Gasteiger partial charge in [0.2, 0.25) is 0 Å². The van der Waals surface area contributed by atoms with Crippen LogP contribution >= 0.6 is 22.9 Å². The van der Waals surface area contributed by atoms with Crippen LogP contribution in [-0.2, 0) is 16.1 Å². The first-order valence-electron chi connectivity index (χ1n) is 8.51. The molecular weight excluding hydrogens is 418 g/mol. The van der Waals surface area contributed by atoms with E-state index in [0.29, 0.717) is 0 Å². The number of nitrogens with one attached hydrogen (secondary N) is 3. The molecule has 152 valence electrons. The quantitative estimate of drug-likeness (QED) is 0.414. The first kappa shape index (κ1) is 20.8. The molecule has 3 rings (SSSR count). The molecule has 0 radical (unpaired) electrons. The Balaban J connectivity index is 1.69. The second kappa shape index (κ2) is 9.03. The molecule has 0 aliphatic carbocycles. The summed E-state index contributed by atoms with van der Waals surface area (Å²) in [4.78, 5) is 36.9. The molecule has 0 spiro atoms. The lowest BCUT2D eigenvalue weighted by atomic mass is 10.1. The number of hydrogen-bond donors (Lipinski definition) is 4. The number of benzene rings is 1. The fraction of sp³-hybridized carbons (Fsp3) is 0.222. The molecule has 0 aliphatic heterocycles. The summed E-state index contributed by atoms with van der Waals surface area (Å²) in [6.45, 7) is 0.151. The number of hydrogen-bond acceptors (Lipinski definition) is 7. The van der Waals surface area contributed by atoms with Gasteiger partial charge in [-0.3, -0.25) is 14.7 Å². The third-order valence-corrected chi connectivity index (χ3v) is 5.70. The van der Waals surface area contributed by atoms with Crippen LogP contribution in [0.2, 0.25) is 5.02 Å². The van der Waals surface area contributed by atoms with Gasteiger partial charge in [0.1, 0.15) is 10.9 Å². The second-order valence-corrected chi connectivity index (χ2v) is 7.46. The minimum absolute atomic E-state index is 0.107. The van der Waals surface area contributed by atoms with Crippen molar-refractivity contribution in [3.8, 4) is 0 Å². The molecule has 5 N–H and O–H groups in total. The van der Waals surface area contributed by atoms with E-state index in [1.165, 1.54) is 13.2 Å². The Morgan fingerprint density at radius 1 is 1.34 bits per heavy atom. The zero-order chi connectivity index (χ0) is 21.0. The van der Waals surface area contributed by atoms with Gasteiger partial charge in [-0.05, 0) is 17.7 Å². The molecule has 1 atom stereocenters. The fourth-order valence-electron chi connectivity index (χ4n) is 2.66. The number of nitrogens with two attached hydrogens (primary N) is 1. The summed E-state index contributed by atoms with van der Waals surface area (Å²) in [6, 6.07) is 6.04. The highest BCUT2D eigenvalue weighted by Gasteiger charge is 2.24. The van der Waals surface area contributed by atoms with E-state index in [1.54, 1.807) is 6.20 Å². The van der Waals surface area contributed by atoms with Crippen LogP contribution in [0.4, 0.5) is 0 Å². The molecule has 1 unspecified atom stereocenters. The standard InChI is InChI=1S/C18H18ClN5O4S/c1-28-18(27)13(6-20)23-17(26)15-11(19)5-14(29-15)16(25)21-7-9-3-2-4-12-10(9)8-22-24-12/h2-5,8,13H,6-7,20H2,1H3,(H,21,25)(H,22,24)(H,23,26). The largest absolute Gasteiger partial charge is 0.467 e. The van der Waals surface area contributed by atoms with Crippen LogP contribution in [-0.4, -0.2) is 47.7 Å². The van der Waals surface area contributed by atoms with Crippen molar-refractivity contribution in [3.63, 3.8) is 0 Å². The van der Waals surface area contributed by atoms with Gasteiger partial charge in [-0.1, -0.05) is 23.7 Å². The molecule has 2 aromatic heterocycles. The highest BCUT2D eigenvalue weighted by atomic mass is 35.5. The minimum atomic E-state index is -1.00. The lowest BCUT2D eigenvalue weighted by Gasteiger charge is -2.13. The van der Waals surface area contributed by atoms with Crippen molar-refractivity contribution in [3.05, 3.63) is 50.8 Å². The number of esters is 1. The zero-order valence-electron chi connectivity index (χ0n) is 15.3. The van der Waals surface area contributed by atoms with Crippen molar-refractivity contribution >= 4 is 51.6 Å². The first-order chi connectivity index (χ1) is 13.9. The number of methoxy groups -OCH3 is 1. The van der Waals surface area contributed by atoms with Gasteiger partial charge in [-0.2, -0.15) is 5.10 Å². The number of fused-ring (bicyclic) bond motifs is 1. The number of halogens is 1. The highest BCUT2D eigenvalue weighted by molar-refractivity contribution is 7.16. The van der Waals surface area contributed by atoms with Crippen LogP contribution in [0.5, 0.6) is 0 Å². The van der Waals surface area contributed by atoms with Crippen LogP contribution in [0.15, 0.2) is 30.5 Å². The van der Waals surface area contributed by atoms with E-state index in [9.17, 15) is 14.4 Å². The monoisotopic (exact) mass is 435 g/mol. The minimum Gasteiger partial charge on any atom is -0.467 e. The van der Waals surface area contributed by atoms with Gasteiger partial charge in [0.15, 0.2) is 0 Å². The Morgan fingerprint density at radius 2 is 2.14 bits per heavy atom. The number of amides is 2. The van der Waals surface area contributed by atoms with Gasteiger partial charge in [0, 0.05) is 18.5 Å². The van der Waals surface area contributed by atoms with Gasteiger partial charge in [0.25, 0.3) is 11.8 Å². The van der Waals surface area contributed by atoms with Gasteiger partial charge >= 0.3 is 5.97 Å². The maximum Gasteiger partial charge on any atom is 0.329 e. The number of nitrogens with zero attached hydrogens (tertiary/aromatic N) is 1. The third kappa shape index (κ3) is 4.56. The predicted octanol–water partition coefficient (Wildman–Crippen LogP) is 1.44. The van der Waals surface area contributed by atoms with E-state index < -0.39 is 17.9 Å². The lowest BCUT2D eigenvalue weighted by molar-refractivity contribution is -0.142. The lowest BCUT2D eigenvalue weighted by Crippen LogP contribution is -2.46. The number of aromatic nitrogens is 2. The van der Waals surface area contributed by atoms with Gasteiger partial charge in [-0.15, -0.1) is 11.3 Å². The Morgan fingerprint density at radius 3 is 2.86 bits per heavy atom. The molecular formula is C18H18ClN5O4S. The Hall–Kier alpha value is -2.95. The summed E-state index contributed by atoms with van der Waals surface area (Å²) < 4.78 is 4.58. The van der Waals surface area contributed by atoms with Crippen molar-refractivity contribution in [2.24, 2.45) is 5.73 Å². The van der Waals surface area contributed by atoms with E-state index in [4.69, 9.17) is 17.3 Å². The van der Waals surface area contributed by atoms with Crippen molar-refractivity contribution in [2.75, 3.05) is 13.7 Å². The molecule has 0 fully saturated rings. The smallest absolute Gasteiger partial charge is 0.329 e. The van der Waals surface area contributed by atoms with Crippen LogP contribution in [0, 0.1) is 0 Å². The molecule has 2 amide bonds. The molecule has 0 bridgehead atoms. The van der Waals surface area contributed by atoms with Crippen molar-refractivity contribution in [1.29, 1.82) is 0 Å². The molecule has 0 saturated carbocycles. The summed E-state index contributed by atoms with van der Waals surface area (Å²) in [5.74, 6) is -1.65. The fourth-order valence-corrected chi connectivity index (χ4v) is 3.91. The number of carbonyl (C=O) groups excluding carboxylic acids is 3. The second-order valence-electron chi connectivity index (χ2n) is 6.00. The van der Waals surface area contributed by atoms with Crippen molar-refractivity contribution < 1.29 is 19.1 Å². The average molecular weight is 436 g/mol. The van der Waals surface area contributed by atoms with Crippen molar-refractivity contribution in [2.45, 2.75) is 12.6 Å². The van der Waals surface area contributed by atoms with Crippen LogP contribution in [0.3, 0.4) is 0 Å².